The van der Waals surface area contributed by atoms with Gasteiger partial charge >= 0.3 is 0 Å². The Morgan fingerprint density at radius 2 is 2.44 bits per heavy atom. The molecule has 1 aliphatic heterocycles. The highest BCUT2D eigenvalue weighted by molar-refractivity contribution is 9.10. The van der Waals surface area contributed by atoms with Gasteiger partial charge in [-0.05, 0) is 47.3 Å². The van der Waals surface area contributed by atoms with Crippen molar-refractivity contribution in [3.05, 3.63) is 28.5 Å². The summed E-state index contributed by atoms with van der Waals surface area (Å²) in [5.41, 5.74) is 0.925. The van der Waals surface area contributed by atoms with Crippen LogP contribution in [0.15, 0.2) is 22.8 Å². The Kier molecular flexibility index (Phi) is 4.32. The number of hydrogen-bond donors (Lipinski definition) is 1. The molecule has 0 radical (unpaired) electrons. The van der Waals surface area contributed by atoms with Crippen LogP contribution in [0.1, 0.15) is 25.0 Å². The van der Waals surface area contributed by atoms with E-state index in [1.165, 1.54) is 0 Å². The molecule has 0 amide bonds. The zero-order chi connectivity index (χ0) is 11.4. The summed E-state index contributed by atoms with van der Waals surface area (Å²) in [6.07, 6.45) is 5.17. The second-order valence-corrected chi connectivity index (χ2v) is 5.11. The monoisotopic (exact) mass is 285 g/mol. The maximum atomic E-state index is 9.90. The Hall–Kier alpha value is -0.450. The van der Waals surface area contributed by atoms with Crippen LogP contribution in [0.2, 0.25) is 0 Å². The molecule has 2 atom stereocenters. The molecule has 88 valence electrons. The third-order valence-electron chi connectivity index (χ3n) is 2.79. The van der Waals surface area contributed by atoms with Crippen LogP contribution >= 0.6 is 15.9 Å². The number of aliphatic hydroxyl groups is 1. The Labute approximate surface area is 104 Å². The van der Waals surface area contributed by atoms with Crippen molar-refractivity contribution in [3.63, 3.8) is 0 Å². The molecule has 0 aliphatic carbocycles. The summed E-state index contributed by atoms with van der Waals surface area (Å²) in [6.45, 7) is 0.841. The van der Waals surface area contributed by atoms with Crippen molar-refractivity contribution in [1.82, 2.24) is 4.98 Å². The minimum atomic E-state index is -0.350. The van der Waals surface area contributed by atoms with Gasteiger partial charge in [0.15, 0.2) is 0 Å². The van der Waals surface area contributed by atoms with Crippen LogP contribution < -0.4 is 0 Å². The molecule has 1 aliphatic rings. The van der Waals surface area contributed by atoms with Crippen molar-refractivity contribution in [1.29, 1.82) is 0 Å². The molecule has 3 nitrogen and oxygen atoms in total. The third-order valence-corrected chi connectivity index (χ3v) is 3.26. The quantitative estimate of drug-likeness (QED) is 0.923. The normalized spacial score (nSPS) is 22.2. The predicted octanol–water partition coefficient (Wildman–Crippen LogP) is 2.32. The van der Waals surface area contributed by atoms with E-state index < -0.39 is 0 Å². The number of ether oxygens (including phenoxy) is 1. The number of hydrogen-bond acceptors (Lipinski definition) is 3. The summed E-state index contributed by atoms with van der Waals surface area (Å²) in [7, 11) is 0. The topological polar surface area (TPSA) is 42.4 Å². The SMILES string of the molecule is OC(Cc1ccc(Br)cn1)CC1CCCO1. The standard InChI is InChI=1S/C12H16BrNO2/c13-9-3-4-10(14-8-9)6-11(15)7-12-2-1-5-16-12/h3-4,8,11-12,15H,1-2,5-7H2. The summed E-state index contributed by atoms with van der Waals surface area (Å²) in [5.74, 6) is 0. The van der Waals surface area contributed by atoms with Crippen molar-refractivity contribution >= 4 is 15.9 Å². The van der Waals surface area contributed by atoms with Crippen LogP contribution in [-0.4, -0.2) is 28.9 Å². The van der Waals surface area contributed by atoms with Crippen LogP contribution in [0.4, 0.5) is 0 Å². The lowest BCUT2D eigenvalue weighted by Gasteiger charge is -2.14. The zero-order valence-electron chi connectivity index (χ0n) is 9.10. The van der Waals surface area contributed by atoms with E-state index in [-0.39, 0.29) is 12.2 Å². The van der Waals surface area contributed by atoms with Crippen molar-refractivity contribution in [2.45, 2.75) is 37.9 Å². The Morgan fingerprint density at radius 1 is 1.56 bits per heavy atom. The molecule has 0 bridgehead atoms. The van der Waals surface area contributed by atoms with Gasteiger partial charge in [0.05, 0.1) is 12.2 Å². The lowest BCUT2D eigenvalue weighted by molar-refractivity contribution is 0.0537. The number of halogens is 1. The number of pyridine rings is 1. The first-order valence-corrected chi connectivity index (χ1v) is 6.43. The number of rotatable bonds is 4. The second kappa shape index (κ2) is 5.75. The molecule has 1 fully saturated rings. The predicted molar refractivity (Wildman–Crippen MR) is 65.2 cm³/mol. The fraction of sp³-hybridized carbons (Fsp3) is 0.583. The van der Waals surface area contributed by atoms with Crippen molar-refractivity contribution in [3.8, 4) is 0 Å². The van der Waals surface area contributed by atoms with E-state index in [0.717, 1.165) is 36.0 Å². The number of nitrogens with zero attached hydrogens (tertiary/aromatic N) is 1. The van der Waals surface area contributed by atoms with E-state index in [1.807, 2.05) is 12.1 Å². The van der Waals surface area contributed by atoms with Crippen LogP contribution in [0.25, 0.3) is 0 Å². The fourth-order valence-corrected chi connectivity index (χ4v) is 2.22. The lowest BCUT2D eigenvalue weighted by atomic mass is 10.0. The number of aliphatic hydroxyl groups excluding tert-OH is 1. The molecule has 2 rings (SSSR count). The first-order chi connectivity index (χ1) is 7.74. The smallest absolute Gasteiger partial charge is 0.0620 e. The molecule has 4 heteroatoms. The van der Waals surface area contributed by atoms with Gasteiger partial charge in [-0.3, -0.25) is 4.98 Å². The average Bonchev–Trinajstić information content (AvgIpc) is 2.74. The molecular formula is C12H16BrNO2. The van der Waals surface area contributed by atoms with Gasteiger partial charge in [-0.2, -0.15) is 0 Å². The van der Waals surface area contributed by atoms with E-state index in [9.17, 15) is 5.11 Å². The Bertz CT molecular complexity index is 322. The number of aromatic nitrogens is 1. The van der Waals surface area contributed by atoms with Gasteiger partial charge in [-0.25, -0.2) is 0 Å². The fourth-order valence-electron chi connectivity index (χ4n) is 1.99. The van der Waals surface area contributed by atoms with E-state index in [1.54, 1.807) is 6.20 Å². The molecule has 1 saturated heterocycles. The van der Waals surface area contributed by atoms with Crippen LogP contribution in [0.3, 0.4) is 0 Å². The van der Waals surface area contributed by atoms with Gasteiger partial charge in [0, 0.05) is 29.4 Å². The largest absolute Gasteiger partial charge is 0.393 e. The molecular weight excluding hydrogens is 270 g/mol. The van der Waals surface area contributed by atoms with Crippen LogP contribution in [-0.2, 0) is 11.2 Å². The molecule has 1 aromatic rings. The van der Waals surface area contributed by atoms with Gasteiger partial charge in [-0.15, -0.1) is 0 Å². The first kappa shape index (κ1) is 12.0. The van der Waals surface area contributed by atoms with Gasteiger partial charge in [0.2, 0.25) is 0 Å². The van der Waals surface area contributed by atoms with Crippen LogP contribution in [0.5, 0.6) is 0 Å². The minimum absolute atomic E-state index is 0.241. The summed E-state index contributed by atoms with van der Waals surface area (Å²) in [6, 6.07) is 3.88. The maximum Gasteiger partial charge on any atom is 0.0620 e. The molecule has 16 heavy (non-hydrogen) atoms. The molecule has 2 unspecified atom stereocenters. The Balaban J connectivity index is 1.81. The van der Waals surface area contributed by atoms with E-state index in [2.05, 4.69) is 20.9 Å². The van der Waals surface area contributed by atoms with Gasteiger partial charge in [0.1, 0.15) is 0 Å². The highest BCUT2D eigenvalue weighted by Gasteiger charge is 2.19. The molecule has 1 aromatic heterocycles. The van der Waals surface area contributed by atoms with Crippen LogP contribution in [0, 0.1) is 0 Å². The maximum absolute atomic E-state index is 9.90. The third kappa shape index (κ3) is 3.54. The van der Waals surface area contributed by atoms with E-state index >= 15 is 0 Å². The summed E-state index contributed by atoms with van der Waals surface area (Å²) in [4.78, 5) is 4.25. The van der Waals surface area contributed by atoms with Crippen molar-refractivity contribution in [2.24, 2.45) is 0 Å². The van der Waals surface area contributed by atoms with Crippen molar-refractivity contribution < 1.29 is 9.84 Å². The summed E-state index contributed by atoms with van der Waals surface area (Å²) in [5, 5.41) is 9.90. The zero-order valence-corrected chi connectivity index (χ0v) is 10.7. The molecule has 0 spiro atoms. The lowest BCUT2D eigenvalue weighted by Crippen LogP contribution is -2.19. The highest BCUT2D eigenvalue weighted by atomic mass is 79.9. The summed E-state index contributed by atoms with van der Waals surface area (Å²) < 4.78 is 6.46. The first-order valence-electron chi connectivity index (χ1n) is 5.64. The Morgan fingerprint density at radius 3 is 3.06 bits per heavy atom. The molecule has 2 heterocycles. The van der Waals surface area contributed by atoms with E-state index in [4.69, 9.17) is 4.74 Å². The molecule has 0 aromatic carbocycles. The second-order valence-electron chi connectivity index (χ2n) is 4.20. The van der Waals surface area contributed by atoms with Crippen molar-refractivity contribution in [2.75, 3.05) is 6.61 Å². The molecule has 0 saturated carbocycles. The van der Waals surface area contributed by atoms with Gasteiger partial charge in [-0.1, -0.05) is 0 Å². The van der Waals surface area contributed by atoms with Gasteiger partial charge < -0.3 is 9.84 Å². The van der Waals surface area contributed by atoms with Gasteiger partial charge in [0.25, 0.3) is 0 Å². The highest BCUT2D eigenvalue weighted by Crippen LogP contribution is 2.18. The average molecular weight is 286 g/mol. The van der Waals surface area contributed by atoms with E-state index in [0.29, 0.717) is 6.42 Å². The minimum Gasteiger partial charge on any atom is -0.393 e. The summed E-state index contributed by atoms with van der Waals surface area (Å²) >= 11 is 3.34. The molecule has 1 N–H and O–H groups in total.